The van der Waals surface area contributed by atoms with Crippen molar-refractivity contribution < 1.29 is 9.53 Å². The summed E-state index contributed by atoms with van der Waals surface area (Å²) < 4.78 is 5.43. The van der Waals surface area contributed by atoms with E-state index >= 15 is 0 Å². The predicted octanol–water partition coefficient (Wildman–Crippen LogP) is 2.43. The molecule has 0 bridgehead atoms. The quantitative estimate of drug-likeness (QED) is 0.840. The fourth-order valence-corrected chi connectivity index (χ4v) is 2.61. The maximum atomic E-state index is 12.6. The third-order valence-electron chi connectivity index (χ3n) is 3.73. The summed E-state index contributed by atoms with van der Waals surface area (Å²) in [6.07, 6.45) is 2.86. The molecule has 4 nitrogen and oxygen atoms in total. The van der Waals surface area contributed by atoms with Gasteiger partial charge in [-0.1, -0.05) is 25.1 Å². The molecule has 1 amide bonds. The van der Waals surface area contributed by atoms with Crippen LogP contribution in [0.3, 0.4) is 0 Å². The van der Waals surface area contributed by atoms with Crippen molar-refractivity contribution in [2.45, 2.75) is 32.7 Å². The Morgan fingerprint density at radius 3 is 2.90 bits per heavy atom. The number of nitrogens with two attached hydrogens (primary N) is 1. The fourth-order valence-electron chi connectivity index (χ4n) is 2.61. The van der Waals surface area contributed by atoms with Gasteiger partial charge in [0.15, 0.2) is 0 Å². The topological polar surface area (TPSA) is 55.6 Å². The van der Waals surface area contributed by atoms with Crippen LogP contribution in [0.4, 0.5) is 5.69 Å². The second kappa shape index (κ2) is 7.29. The van der Waals surface area contributed by atoms with Gasteiger partial charge < -0.3 is 15.4 Å². The van der Waals surface area contributed by atoms with E-state index in [2.05, 4.69) is 6.92 Å². The van der Waals surface area contributed by atoms with Crippen LogP contribution in [-0.4, -0.2) is 30.6 Å². The van der Waals surface area contributed by atoms with Gasteiger partial charge in [0.2, 0.25) is 5.91 Å². The monoisotopic (exact) mass is 276 g/mol. The van der Waals surface area contributed by atoms with E-state index in [1.54, 1.807) is 0 Å². The number of ether oxygens (including phenoxy) is 1. The smallest absolute Gasteiger partial charge is 0.228 e. The molecule has 20 heavy (non-hydrogen) atoms. The molecule has 1 saturated heterocycles. The summed E-state index contributed by atoms with van der Waals surface area (Å²) in [4.78, 5) is 14.5. The molecular weight excluding hydrogens is 252 g/mol. The van der Waals surface area contributed by atoms with Gasteiger partial charge in [-0.2, -0.15) is 0 Å². The van der Waals surface area contributed by atoms with Gasteiger partial charge >= 0.3 is 0 Å². The molecule has 0 saturated carbocycles. The summed E-state index contributed by atoms with van der Waals surface area (Å²) in [5, 5.41) is 0. The minimum atomic E-state index is 0.0141. The zero-order chi connectivity index (χ0) is 14.4. The standard InChI is InChI=1S/C16H24N2O2/c1-2-9-18(11-13-6-3-4-8-15(13)17)16(19)14-7-5-10-20-12-14/h3-4,6,8,14H,2,5,7,9-12,17H2,1H3. The van der Waals surface area contributed by atoms with Gasteiger partial charge in [0, 0.05) is 25.4 Å². The molecule has 0 aliphatic carbocycles. The highest BCUT2D eigenvalue weighted by molar-refractivity contribution is 5.79. The summed E-state index contributed by atoms with van der Waals surface area (Å²) in [7, 11) is 0. The van der Waals surface area contributed by atoms with E-state index < -0.39 is 0 Å². The van der Waals surface area contributed by atoms with Crippen LogP contribution in [0.5, 0.6) is 0 Å². The lowest BCUT2D eigenvalue weighted by molar-refractivity contribution is -0.140. The van der Waals surface area contributed by atoms with Gasteiger partial charge in [0.05, 0.1) is 12.5 Å². The number of carbonyl (C=O) groups is 1. The molecule has 0 radical (unpaired) electrons. The van der Waals surface area contributed by atoms with E-state index in [0.717, 1.165) is 43.7 Å². The Morgan fingerprint density at radius 2 is 2.25 bits per heavy atom. The van der Waals surface area contributed by atoms with Gasteiger partial charge in [0.1, 0.15) is 0 Å². The Morgan fingerprint density at radius 1 is 1.45 bits per heavy atom. The van der Waals surface area contributed by atoms with E-state index in [-0.39, 0.29) is 11.8 Å². The molecule has 2 N–H and O–H groups in total. The van der Waals surface area contributed by atoms with Crippen LogP contribution in [0, 0.1) is 5.92 Å². The lowest BCUT2D eigenvalue weighted by atomic mass is 10.00. The molecule has 2 rings (SSSR count). The SMILES string of the molecule is CCCN(Cc1ccccc1N)C(=O)C1CCCOC1. The molecule has 1 aromatic carbocycles. The van der Waals surface area contributed by atoms with Crippen molar-refractivity contribution in [3.63, 3.8) is 0 Å². The Labute approximate surface area is 120 Å². The minimum Gasteiger partial charge on any atom is -0.398 e. The third kappa shape index (κ3) is 3.73. The average Bonchev–Trinajstić information content (AvgIpc) is 2.49. The van der Waals surface area contributed by atoms with Crippen molar-refractivity contribution in [2.75, 3.05) is 25.5 Å². The first-order valence-corrected chi connectivity index (χ1v) is 7.42. The van der Waals surface area contributed by atoms with Gasteiger partial charge in [-0.05, 0) is 30.9 Å². The number of amides is 1. The van der Waals surface area contributed by atoms with Crippen LogP contribution in [-0.2, 0) is 16.1 Å². The zero-order valence-electron chi connectivity index (χ0n) is 12.2. The van der Waals surface area contributed by atoms with E-state index in [0.29, 0.717) is 13.2 Å². The van der Waals surface area contributed by atoms with Gasteiger partial charge in [-0.15, -0.1) is 0 Å². The molecule has 110 valence electrons. The third-order valence-corrected chi connectivity index (χ3v) is 3.73. The molecule has 0 aromatic heterocycles. The minimum absolute atomic E-state index is 0.0141. The number of carbonyl (C=O) groups excluding carboxylic acids is 1. The normalized spacial score (nSPS) is 18.8. The van der Waals surface area contributed by atoms with Gasteiger partial charge in [-0.3, -0.25) is 4.79 Å². The average molecular weight is 276 g/mol. The summed E-state index contributed by atoms with van der Waals surface area (Å²) >= 11 is 0. The molecule has 1 heterocycles. The fraction of sp³-hybridized carbons (Fsp3) is 0.562. The molecule has 1 unspecified atom stereocenters. The van der Waals surface area contributed by atoms with Crippen LogP contribution in [0.2, 0.25) is 0 Å². The molecule has 4 heteroatoms. The van der Waals surface area contributed by atoms with Gasteiger partial charge in [-0.25, -0.2) is 0 Å². The number of hydrogen-bond acceptors (Lipinski definition) is 3. The summed E-state index contributed by atoms with van der Waals surface area (Å²) in [6, 6.07) is 7.75. The van der Waals surface area contributed by atoms with Gasteiger partial charge in [0.25, 0.3) is 0 Å². The Bertz CT molecular complexity index is 442. The lowest BCUT2D eigenvalue weighted by Gasteiger charge is -2.29. The number of hydrogen-bond donors (Lipinski definition) is 1. The zero-order valence-corrected chi connectivity index (χ0v) is 12.2. The second-order valence-electron chi connectivity index (χ2n) is 5.37. The Balaban J connectivity index is 2.06. The highest BCUT2D eigenvalue weighted by Crippen LogP contribution is 2.20. The van der Waals surface area contributed by atoms with Crippen LogP contribution >= 0.6 is 0 Å². The number of nitrogens with zero attached hydrogens (tertiary/aromatic N) is 1. The Hall–Kier alpha value is -1.55. The number of nitrogen functional groups attached to an aromatic ring is 1. The molecule has 1 fully saturated rings. The predicted molar refractivity (Wildman–Crippen MR) is 80.1 cm³/mol. The van der Waals surface area contributed by atoms with E-state index in [1.807, 2.05) is 29.2 Å². The summed E-state index contributed by atoms with van der Waals surface area (Å²) in [5.74, 6) is 0.218. The second-order valence-corrected chi connectivity index (χ2v) is 5.37. The van der Waals surface area contributed by atoms with E-state index in [4.69, 9.17) is 10.5 Å². The molecular formula is C16H24N2O2. The van der Waals surface area contributed by atoms with Crippen molar-refractivity contribution >= 4 is 11.6 Å². The number of benzene rings is 1. The first-order chi connectivity index (χ1) is 9.72. The summed E-state index contributed by atoms with van der Waals surface area (Å²) in [6.45, 7) is 4.79. The Kier molecular flexibility index (Phi) is 5.41. The van der Waals surface area contributed by atoms with E-state index in [9.17, 15) is 4.79 Å². The molecule has 0 spiro atoms. The number of anilines is 1. The highest BCUT2D eigenvalue weighted by Gasteiger charge is 2.26. The largest absolute Gasteiger partial charge is 0.398 e. The maximum Gasteiger partial charge on any atom is 0.228 e. The van der Waals surface area contributed by atoms with Crippen LogP contribution < -0.4 is 5.73 Å². The van der Waals surface area contributed by atoms with Crippen molar-refractivity contribution in [1.82, 2.24) is 4.90 Å². The lowest BCUT2D eigenvalue weighted by Crippen LogP contribution is -2.39. The van der Waals surface area contributed by atoms with Crippen molar-refractivity contribution in [2.24, 2.45) is 5.92 Å². The first-order valence-electron chi connectivity index (χ1n) is 7.42. The first kappa shape index (κ1) is 14.9. The van der Waals surface area contributed by atoms with Crippen LogP contribution in [0.15, 0.2) is 24.3 Å². The summed E-state index contributed by atoms with van der Waals surface area (Å²) in [5.41, 5.74) is 7.75. The highest BCUT2D eigenvalue weighted by atomic mass is 16.5. The molecule has 1 aliphatic rings. The van der Waals surface area contributed by atoms with Crippen molar-refractivity contribution in [3.8, 4) is 0 Å². The van der Waals surface area contributed by atoms with Crippen molar-refractivity contribution in [1.29, 1.82) is 0 Å². The van der Waals surface area contributed by atoms with Crippen LogP contribution in [0.25, 0.3) is 0 Å². The molecule has 1 atom stereocenters. The number of para-hydroxylation sites is 1. The molecule has 1 aromatic rings. The maximum absolute atomic E-state index is 12.6. The van der Waals surface area contributed by atoms with Crippen molar-refractivity contribution in [3.05, 3.63) is 29.8 Å². The van der Waals surface area contributed by atoms with Crippen LogP contribution in [0.1, 0.15) is 31.7 Å². The molecule has 1 aliphatic heterocycles. The van der Waals surface area contributed by atoms with E-state index in [1.165, 1.54) is 0 Å². The number of rotatable bonds is 5.